The van der Waals surface area contributed by atoms with Crippen LogP contribution in [0.1, 0.15) is 30.1 Å². The number of fused-ring (bicyclic) bond motifs is 1. The Hall–Kier alpha value is -4.34. The molecule has 0 aliphatic rings. The highest BCUT2D eigenvalue weighted by atomic mass is 35.5. The van der Waals surface area contributed by atoms with Gasteiger partial charge in [0.05, 0.1) is 17.8 Å². The first-order valence-electron chi connectivity index (χ1n) is 14.3. The molecule has 1 aromatic heterocycles. The van der Waals surface area contributed by atoms with Gasteiger partial charge in [0.1, 0.15) is 18.4 Å². The Balaban J connectivity index is 0.00000625. The average Bonchev–Trinajstić information content (AvgIpc) is 3.33. The maximum absolute atomic E-state index is 14.2. The summed E-state index contributed by atoms with van der Waals surface area (Å²) in [5, 5.41) is 5.24. The molecule has 48 heavy (non-hydrogen) atoms. The average molecular weight is 715 g/mol. The third-order valence-electron chi connectivity index (χ3n) is 6.85. The van der Waals surface area contributed by atoms with Gasteiger partial charge in [0.15, 0.2) is 11.6 Å². The summed E-state index contributed by atoms with van der Waals surface area (Å²) < 4.78 is 77.8. The SMILES string of the molecule is CCOC(=O)C(CCC(=O)n1cc(NC(=O)Nc2ccc(OCc3ccc(SC(F)(F)F)cc3)cc2)c2cc(F)c(F)cc21)N(C)C.Cl. The number of thioether (sulfide) groups is 1. The van der Waals surface area contributed by atoms with Crippen molar-refractivity contribution in [3.8, 4) is 5.75 Å². The van der Waals surface area contributed by atoms with Crippen molar-refractivity contribution in [1.29, 1.82) is 0 Å². The topological polar surface area (TPSA) is 102 Å². The predicted molar refractivity (Wildman–Crippen MR) is 175 cm³/mol. The van der Waals surface area contributed by atoms with E-state index >= 15 is 0 Å². The fourth-order valence-electron chi connectivity index (χ4n) is 4.60. The van der Waals surface area contributed by atoms with Crippen LogP contribution < -0.4 is 15.4 Å². The summed E-state index contributed by atoms with van der Waals surface area (Å²) in [5.41, 5.74) is -3.29. The molecule has 0 aliphatic heterocycles. The van der Waals surface area contributed by atoms with Gasteiger partial charge in [0.2, 0.25) is 5.91 Å². The molecule has 1 heterocycles. The predicted octanol–water partition coefficient (Wildman–Crippen LogP) is 8.09. The molecule has 0 saturated carbocycles. The van der Waals surface area contributed by atoms with Crippen molar-refractivity contribution < 1.29 is 45.8 Å². The zero-order valence-electron chi connectivity index (χ0n) is 25.9. The lowest BCUT2D eigenvalue weighted by Gasteiger charge is -2.22. The minimum absolute atomic E-state index is 0. The van der Waals surface area contributed by atoms with Crippen LogP contribution in [0.4, 0.5) is 38.1 Å². The minimum Gasteiger partial charge on any atom is -0.489 e. The number of hydrogen-bond acceptors (Lipinski definition) is 7. The third kappa shape index (κ3) is 10.3. The summed E-state index contributed by atoms with van der Waals surface area (Å²) in [5.74, 6) is -2.93. The zero-order valence-corrected chi connectivity index (χ0v) is 27.5. The standard InChI is InChI=1S/C32H31F5N4O5S.ClH/c1-4-45-30(43)27(40(2)3)13-14-29(42)41-17-26(23-15-24(33)25(34)16-28(23)41)39-31(44)38-20-7-9-21(10-8-20)46-18-19-5-11-22(12-6-19)47-32(35,36)37;/h5-12,15-17,27H,4,13-14,18H2,1-3H3,(H2,38,39,44);1H. The molecule has 0 aliphatic carbocycles. The van der Waals surface area contributed by atoms with Gasteiger partial charge < -0.3 is 20.1 Å². The van der Waals surface area contributed by atoms with E-state index in [0.717, 1.165) is 16.7 Å². The highest BCUT2D eigenvalue weighted by molar-refractivity contribution is 8.00. The van der Waals surface area contributed by atoms with Crippen molar-refractivity contribution in [3.05, 3.63) is 84.1 Å². The van der Waals surface area contributed by atoms with Crippen molar-refractivity contribution in [2.24, 2.45) is 0 Å². The molecule has 0 saturated heterocycles. The number of hydrogen-bond donors (Lipinski definition) is 2. The Morgan fingerprint density at radius 2 is 1.60 bits per heavy atom. The summed E-state index contributed by atoms with van der Waals surface area (Å²) in [7, 11) is 3.34. The van der Waals surface area contributed by atoms with Gasteiger partial charge in [0.25, 0.3) is 0 Å². The normalized spacial score (nSPS) is 11.9. The Morgan fingerprint density at radius 3 is 2.21 bits per heavy atom. The second-order valence-corrected chi connectivity index (χ2v) is 11.6. The van der Waals surface area contributed by atoms with Gasteiger partial charge in [-0.3, -0.25) is 19.1 Å². The number of esters is 1. The number of aromatic nitrogens is 1. The summed E-state index contributed by atoms with van der Waals surface area (Å²) in [6.45, 7) is 1.94. The number of alkyl halides is 3. The number of carbonyl (C=O) groups is 3. The number of likely N-dealkylation sites (N-methyl/N-ethyl adjacent to an activating group) is 1. The molecule has 4 aromatic rings. The Bertz CT molecular complexity index is 1730. The lowest BCUT2D eigenvalue weighted by molar-refractivity contribution is -0.148. The number of amides is 2. The fraction of sp³-hybridized carbons (Fsp3) is 0.281. The van der Waals surface area contributed by atoms with Crippen molar-refractivity contribution in [2.45, 2.75) is 42.8 Å². The van der Waals surface area contributed by atoms with Crippen LogP contribution in [0.5, 0.6) is 5.75 Å². The molecule has 0 spiro atoms. The van der Waals surface area contributed by atoms with E-state index < -0.39 is 41.1 Å². The van der Waals surface area contributed by atoms with Crippen molar-refractivity contribution >= 4 is 64.4 Å². The molecule has 16 heteroatoms. The monoisotopic (exact) mass is 714 g/mol. The quantitative estimate of drug-likeness (QED) is 0.0869. The number of rotatable bonds is 12. The van der Waals surface area contributed by atoms with Crippen LogP contribution >= 0.6 is 24.2 Å². The number of anilines is 2. The third-order valence-corrected chi connectivity index (χ3v) is 7.59. The largest absolute Gasteiger partial charge is 0.489 e. The van der Waals surface area contributed by atoms with Gasteiger partial charge in [-0.15, -0.1) is 12.4 Å². The van der Waals surface area contributed by atoms with Crippen LogP contribution in [-0.2, 0) is 16.1 Å². The number of halogens is 6. The molecule has 2 N–H and O–H groups in total. The van der Waals surface area contributed by atoms with Crippen molar-refractivity contribution in [1.82, 2.24) is 9.47 Å². The van der Waals surface area contributed by atoms with E-state index in [1.807, 2.05) is 0 Å². The van der Waals surface area contributed by atoms with Gasteiger partial charge >= 0.3 is 17.5 Å². The van der Waals surface area contributed by atoms with Gasteiger partial charge in [-0.2, -0.15) is 13.2 Å². The lowest BCUT2D eigenvalue weighted by Crippen LogP contribution is -2.37. The summed E-state index contributed by atoms with van der Waals surface area (Å²) in [6.07, 6.45) is 1.23. The molecule has 0 fully saturated rings. The minimum atomic E-state index is -4.37. The van der Waals surface area contributed by atoms with Crippen LogP contribution in [-0.4, -0.2) is 59.6 Å². The first kappa shape index (κ1) is 38.1. The van der Waals surface area contributed by atoms with E-state index in [-0.39, 0.29) is 71.7 Å². The van der Waals surface area contributed by atoms with E-state index in [1.54, 1.807) is 50.2 Å². The number of urea groups is 1. The molecule has 9 nitrogen and oxygen atoms in total. The van der Waals surface area contributed by atoms with Crippen LogP contribution in [0.25, 0.3) is 10.9 Å². The van der Waals surface area contributed by atoms with Crippen LogP contribution in [0.15, 0.2) is 71.8 Å². The van der Waals surface area contributed by atoms with E-state index in [1.165, 1.54) is 30.5 Å². The summed E-state index contributed by atoms with van der Waals surface area (Å²) in [6, 6.07) is 12.3. The van der Waals surface area contributed by atoms with Gasteiger partial charge in [0, 0.05) is 34.7 Å². The van der Waals surface area contributed by atoms with Gasteiger partial charge in [-0.05, 0) is 87.2 Å². The van der Waals surface area contributed by atoms with E-state index in [0.29, 0.717) is 17.0 Å². The van der Waals surface area contributed by atoms with E-state index in [9.17, 15) is 36.3 Å². The van der Waals surface area contributed by atoms with Gasteiger partial charge in [-0.1, -0.05) is 12.1 Å². The summed E-state index contributed by atoms with van der Waals surface area (Å²) >= 11 is -0.204. The second-order valence-electron chi connectivity index (χ2n) is 10.4. The number of benzene rings is 3. The van der Waals surface area contributed by atoms with Crippen LogP contribution in [0.3, 0.4) is 0 Å². The molecular formula is C32H32ClF5N4O5S. The molecule has 4 rings (SSSR count). The van der Waals surface area contributed by atoms with E-state index in [2.05, 4.69) is 10.6 Å². The molecule has 0 radical (unpaired) electrons. The molecule has 2 amide bonds. The molecule has 1 atom stereocenters. The van der Waals surface area contributed by atoms with Crippen LogP contribution in [0, 0.1) is 11.6 Å². The first-order chi connectivity index (χ1) is 22.2. The van der Waals surface area contributed by atoms with Crippen molar-refractivity contribution in [3.63, 3.8) is 0 Å². The number of carbonyl (C=O) groups excluding carboxylic acids is 3. The molecule has 258 valence electrons. The van der Waals surface area contributed by atoms with E-state index in [4.69, 9.17) is 9.47 Å². The smallest absolute Gasteiger partial charge is 0.446 e. The fourth-order valence-corrected chi connectivity index (χ4v) is 5.14. The lowest BCUT2D eigenvalue weighted by atomic mass is 10.1. The van der Waals surface area contributed by atoms with Crippen LogP contribution in [0.2, 0.25) is 0 Å². The number of nitrogens with one attached hydrogen (secondary N) is 2. The van der Waals surface area contributed by atoms with Crippen molar-refractivity contribution in [2.75, 3.05) is 31.3 Å². The number of nitrogens with zero attached hydrogens (tertiary/aromatic N) is 2. The Morgan fingerprint density at radius 1 is 0.958 bits per heavy atom. The highest BCUT2D eigenvalue weighted by Gasteiger charge is 2.29. The molecule has 0 bridgehead atoms. The zero-order chi connectivity index (χ0) is 34.3. The molecular weight excluding hydrogens is 683 g/mol. The molecule has 3 aromatic carbocycles. The maximum Gasteiger partial charge on any atom is 0.446 e. The van der Waals surface area contributed by atoms with Gasteiger partial charge in [-0.25, -0.2) is 13.6 Å². The number of ether oxygens (including phenoxy) is 2. The Kier molecular flexibility index (Phi) is 13.2. The summed E-state index contributed by atoms with van der Waals surface area (Å²) in [4.78, 5) is 40.0. The Labute approximate surface area is 283 Å². The first-order valence-corrected chi connectivity index (χ1v) is 15.1. The maximum atomic E-state index is 14.2. The second kappa shape index (κ2) is 16.7. The highest BCUT2D eigenvalue weighted by Crippen LogP contribution is 2.37. The molecule has 1 unspecified atom stereocenters.